The smallest absolute Gasteiger partial charge is 0.191 e. The number of aliphatic imine (C=N–C) groups is 1. The van der Waals surface area contributed by atoms with Crippen LogP contribution in [-0.2, 0) is 19.5 Å². The average molecular weight is 493 g/mol. The van der Waals surface area contributed by atoms with Gasteiger partial charge in [0.05, 0.1) is 19.4 Å². The SMILES string of the molecule is CCCNC(=NCc1ccccc1Cn1cccn1)NCCc1ccco1.I. The van der Waals surface area contributed by atoms with E-state index in [4.69, 9.17) is 9.41 Å². The van der Waals surface area contributed by atoms with Crippen molar-refractivity contribution in [2.45, 2.75) is 32.9 Å². The van der Waals surface area contributed by atoms with Gasteiger partial charge in [-0.2, -0.15) is 5.10 Å². The summed E-state index contributed by atoms with van der Waals surface area (Å²) in [5.74, 6) is 1.80. The number of hydrogen-bond donors (Lipinski definition) is 2. The Bertz CT molecular complexity index is 815. The minimum Gasteiger partial charge on any atom is -0.469 e. The molecule has 28 heavy (non-hydrogen) atoms. The Morgan fingerprint density at radius 1 is 1.07 bits per heavy atom. The molecule has 1 aromatic carbocycles. The molecule has 150 valence electrons. The first kappa shape index (κ1) is 22.0. The van der Waals surface area contributed by atoms with Crippen LogP contribution in [0.1, 0.15) is 30.2 Å². The molecule has 0 bridgehead atoms. The molecule has 3 aromatic rings. The van der Waals surface area contributed by atoms with E-state index in [1.165, 1.54) is 11.1 Å². The van der Waals surface area contributed by atoms with Crippen molar-refractivity contribution in [2.24, 2.45) is 4.99 Å². The van der Waals surface area contributed by atoms with Crippen LogP contribution in [0.4, 0.5) is 0 Å². The minimum atomic E-state index is 0. The van der Waals surface area contributed by atoms with Crippen molar-refractivity contribution >= 4 is 29.9 Å². The Hall–Kier alpha value is -2.29. The Morgan fingerprint density at radius 2 is 1.89 bits per heavy atom. The molecule has 6 nitrogen and oxygen atoms in total. The van der Waals surface area contributed by atoms with Crippen molar-refractivity contribution in [3.8, 4) is 0 Å². The molecule has 7 heteroatoms. The third-order valence-electron chi connectivity index (χ3n) is 4.20. The van der Waals surface area contributed by atoms with Crippen LogP contribution in [-0.4, -0.2) is 28.8 Å². The van der Waals surface area contributed by atoms with Gasteiger partial charge in [0.1, 0.15) is 5.76 Å². The molecule has 2 N–H and O–H groups in total. The lowest BCUT2D eigenvalue weighted by atomic mass is 10.1. The van der Waals surface area contributed by atoms with Crippen molar-refractivity contribution < 1.29 is 4.42 Å². The highest BCUT2D eigenvalue weighted by molar-refractivity contribution is 14.0. The van der Waals surface area contributed by atoms with E-state index in [2.05, 4.69) is 46.9 Å². The Kier molecular flexibility index (Phi) is 9.61. The molecule has 0 aliphatic rings. The highest BCUT2D eigenvalue weighted by Gasteiger charge is 2.04. The average Bonchev–Trinajstić information content (AvgIpc) is 3.39. The zero-order chi connectivity index (χ0) is 18.7. The highest BCUT2D eigenvalue weighted by Crippen LogP contribution is 2.11. The summed E-state index contributed by atoms with van der Waals surface area (Å²) in [6, 6.07) is 14.2. The molecule has 0 spiro atoms. The monoisotopic (exact) mass is 493 g/mol. The van der Waals surface area contributed by atoms with E-state index in [9.17, 15) is 0 Å². The lowest BCUT2D eigenvalue weighted by Crippen LogP contribution is -2.38. The largest absolute Gasteiger partial charge is 0.469 e. The number of nitrogens with one attached hydrogen (secondary N) is 2. The van der Waals surface area contributed by atoms with Crippen LogP contribution < -0.4 is 10.6 Å². The first-order chi connectivity index (χ1) is 13.3. The maximum absolute atomic E-state index is 5.38. The molecule has 2 heterocycles. The molecular weight excluding hydrogens is 465 g/mol. The molecule has 0 amide bonds. The van der Waals surface area contributed by atoms with Gasteiger partial charge in [0.25, 0.3) is 0 Å². The fourth-order valence-electron chi connectivity index (χ4n) is 2.78. The van der Waals surface area contributed by atoms with E-state index in [-0.39, 0.29) is 24.0 Å². The second-order valence-electron chi connectivity index (χ2n) is 6.32. The second-order valence-corrected chi connectivity index (χ2v) is 6.32. The summed E-state index contributed by atoms with van der Waals surface area (Å²) in [6.07, 6.45) is 7.36. The van der Waals surface area contributed by atoms with Gasteiger partial charge in [-0.05, 0) is 35.7 Å². The van der Waals surface area contributed by atoms with E-state index in [1.54, 1.807) is 12.5 Å². The lowest BCUT2D eigenvalue weighted by molar-refractivity contribution is 0.506. The Labute approximate surface area is 183 Å². The normalized spacial score (nSPS) is 11.1. The Balaban J connectivity index is 0.00000280. The van der Waals surface area contributed by atoms with Crippen molar-refractivity contribution in [3.05, 3.63) is 78.0 Å². The van der Waals surface area contributed by atoms with Crippen LogP contribution in [0, 0.1) is 0 Å². The van der Waals surface area contributed by atoms with Gasteiger partial charge in [0, 0.05) is 31.9 Å². The maximum Gasteiger partial charge on any atom is 0.191 e. The summed E-state index contributed by atoms with van der Waals surface area (Å²) in [5, 5.41) is 11.1. The standard InChI is InChI=1S/C21H27N5O.HI/c1-2-11-22-21(23-13-10-20-9-5-15-27-20)24-16-18-7-3-4-8-19(18)17-26-14-6-12-25-26;/h3-9,12,14-15H,2,10-11,13,16-17H2,1H3,(H2,22,23,24);1H. The predicted molar refractivity (Wildman–Crippen MR) is 123 cm³/mol. The number of hydrogen-bond acceptors (Lipinski definition) is 3. The van der Waals surface area contributed by atoms with Crippen molar-refractivity contribution in [3.63, 3.8) is 0 Å². The first-order valence-electron chi connectivity index (χ1n) is 9.44. The number of nitrogens with zero attached hydrogens (tertiary/aromatic N) is 3. The van der Waals surface area contributed by atoms with Crippen LogP contribution >= 0.6 is 24.0 Å². The van der Waals surface area contributed by atoms with Crippen LogP contribution in [0.15, 0.2) is 70.5 Å². The summed E-state index contributed by atoms with van der Waals surface area (Å²) in [5.41, 5.74) is 2.44. The van der Waals surface area contributed by atoms with Crippen LogP contribution in [0.3, 0.4) is 0 Å². The molecule has 0 saturated heterocycles. The van der Waals surface area contributed by atoms with Gasteiger partial charge < -0.3 is 15.1 Å². The van der Waals surface area contributed by atoms with E-state index < -0.39 is 0 Å². The number of aromatic nitrogens is 2. The third kappa shape index (κ3) is 7.03. The topological polar surface area (TPSA) is 67.4 Å². The summed E-state index contributed by atoms with van der Waals surface area (Å²) >= 11 is 0. The third-order valence-corrected chi connectivity index (χ3v) is 4.20. The van der Waals surface area contributed by atoms with E-state index >= 15 is 0 Å². The van der Waals surface area contributed by atoms with E-state index in [1.807, 2.05) is 29.1 Å². The summed E-state index contributed by atoms with van der Waals surface area (Å²) in [7, 11) is 0. The van der Waals surface area contributed by atoms with Crippen molar-refractivity contribution in [1.29, 1.82) is 0 Å². The summed E-state index contributed by atoms with van der Waals surface area (Å²) < 4.78 is 7.31. The Morgan fingerprint density at radius 3 is 2.61 bits per heavy atom. The molecule has 0 unspecified atom stereocenters. The number of rotatable bonds is 9. The zero-order valence-electron chi connectivity index (χ0n) is 16.2. The lowest BCUT2D eigenvalue weighted by Gasteiger charge is -2.13. The molecule has 0 atom stereocenters. The summed E-state index contributed by atoms with van der Waals surface area (Å²) in [4.78, 5) is 4.77. The maximum atomic E-state index is 5.38. The number of guanidine groups is 1. The molecule has 2 aromatic heterocycles. The zero-order valence-corrected chi connectivity index (χ0v) is 18.5. The van der Waals surface area contributed by atoms with E-state index in [0.29, 0.717) is 6.54 Å². The summed E-state index contributed by atoms with van der Waals surface area (Å²) in [6.45, 7) is 5.19. The van der Waals surface area contributed by atoms with Gasteiger partial charge in [0.15, 0.2) is 5.96 Å². The molecule has 3 rings (SSSR count). The molecule has 0 radical (unpaired) electrons. The molecule has 0 aliphatic heterocycles. The van der Waals surface area contributed by atoms with Gasteiger partial charge in [-0.3, -0.25) is 4.68 Å². The van der Waals surface area contributed by atoms with Crippen LogP contribution in [0.25, 0.3) is 0 Å². The molecule has 0 saturated carbocycles. The van der Waals surface area contributed by atoms with Crippen LogP contribution in [0.2, 0.25) is 0 Å². The van der Waals surface area contributed by atoms with Gasteiger partial charge in [-0.25, -0.2) is 4.99 Å². The van der Waals surface area contributed by atoms with Gasteiger partial charge >= 0.3 is 0 Å². The minimum absolute atomic E-state index is 0. The van der Waals surface area contributed by atoms with Crippen LogP contribution in [0.5, 0.6) is 0 Å². The molecule has 0 fully saturated rings. The van der Waals surface area contributed by atoms with Crippen molar-refractivity contribution in [2.75, 3.05) is 13.1 Å². The van der Waals surface area contributed by atoms with Crippen molar-refractivity contribution in [1.82, 2.24) is 20.4 Å². The fraction of sp³-hybridized carbons (Fsp3) is 0.333. The number of benzene rings is 1. The molecule has 0 aliphatic carbocycles. The highest BCUT2D eigenvalue weighted by atomic mass is 127. The first-order valence-corrected chi connectivity index (χ1v) is 9.44. The second kappa shape index (κ2) is 12.2. The fourth-order valence-corrected chi connectivity index (χ4v) is 2.78. The van der Waals surface area contributed by atoms with E-state index in [0.717, 1.165) is 44.2 Å². The number of halogens is 1. The molecular formula is C21H28IN5O. The number of furan rings is 1. The van der Waals surface area contributed by atoms with Gasteiger partial charge in [-0.1, -0.05) is 31.2 Å². The van der Waals surface area contributed by atoms with Gasteiger partial charge in [-0.15, -0.1) is 24.0 Å². The van der Waals surface area contributed by atoms with Gasteiger partial charge in [0.2, 0.25) is 0 Å². The predicted octanol–water partition coefficient (Wildman–Crippen LogP) is 3.83. The quantitative estimate of drug-likeness (QED) is 0.270.